The number of aryl methyl sites for hydroxylation is 1. The van der Waals surface area contributed by atoms with Gasteiger partial charge in [0, 0.05) is 33.4 Å². The van der Waals surface area contributed by atoms with Crippen molar-refractivity contribution >= 4 is 52.0 Å². The van der Waals surface area contributed by atoms with Crippen LogP contribution in [0, 0.1) is 19.7 Å². The summed E-state index contributed by atoms with van der Waals surface area (Å²) in [4.78, 5) is 0. The molecule has 10 heteroatoms. The summed E-state index contributed by atoms with van der Waals surface area (Å²) in [5, 5.41) is 16.8. The van der Waals surface area contributed by atoms with E-state index >= 15 is 0 Å². The molecule has 33 heavy (non-hydrogen) atoms. The first-order valence-corrected chi connectivity index (χ1v) is 11.3. The predicted molar refractivity (Wildman–Crippen MR) is 135 cm³/mol. The molecule has 2 aromatic carbocycles. The molecule has 0 aliphatic rings. The molecular weight excluding hydrogens is 482 g/mol. The molecule has 0 atom stereocenters. The largest absolute Gasteiger partial charge is 0.329 e. The molecule has 4 aromatic rings. The maximum Gasteiger partial charge on any atom is 0.176 e. The lowest BCUT2D eigenvalue weighted by molar-refractivity contribution is 0.586. The molecule has 0 saturated heterocycles. The number of aromatic nitrogens is 4. The number of halogens is 3. The first-order chi connectivity index (χ1) is 15.8. The Morgan fingerprint density at radius 1 is 0.970 bits per heavy atom. The minimum Gasteiger partial charge on any atom is -0.329 e. The molecule has 0 spiro atoms. The Bertz CT molecular complexity index is 1300. The molecule has 0 unspecified atom stereocenters. The summed E-state index contributed by atoms with van der Waals surface area (Å²) in [6.07, 6.45) is 1.76. The lowest BCUT2D eigenvalue weighted by Gasteiger charge is -2.11. The number of nitrogens with zero attached hydrogens (tertiary/aromatic N) is 4. The number of rotatable bonds is 6. The van der Waals surface area contributed by atoms with Crippen molar-refractivity contribution in [3.63, 3.8) is 0 Å². The topological polar surface area (TPSA) is 59.7 Å². The molecular formula is C23H21Cl2FN6S. The third-order valence-electron chi connectivity index (χ3n) is 5.16. The highest BCUT2D eigenvalue weighted by molar-refractivity contribution is 7.80. The summed E-state index contributed by atoms with van der Waals surface area (Å²) in [5.74, 6) is 0.287. The SMILES string of the molecule is Cc1nn(Cc2c(Cl)cccc2Cl)c(C)c1NC(=S)Nc1ccn(Cc2ccccc2F)n1. The molecule has 0 bridgehead atoms. The third kappa shape index (κ3) is 5.35. The predicted octanol–water partition coefficient (Wildman–Crippen LogP) is 6.05. The summed E-state index contributed by atoms with van der Waals surface area (Å²) in [6.45, 7) is 4.60. The van der Waals surface area contributed by atoms with Crippen molar-refractivity contribution in [1.29, 1.82) is 0 Å². The van der Waals surface area contributed by atoms with E-state index < -0.39 is 0 Å². The second-order valence-corrected chi connectivity index (χ2v) is 8.70. The van der Waals surface area contributed by atoms with Crippen LogP contribution in [-0.2, 0) is 13.1 Å². The zero-order valence-corrected chi connectivity index (χ0v) is 20.3. The fourth-order valence-electron chi connectivity index (χ4n) is 3.44. The molecule has 0 aliphatic carbocycles. The first-order valence-electron chi connectivity index (χ1n) is 10.1. The highest BCUT2D eigenvalue weighted by Crippen LogP contribution is 2.27. The van der Waals surface area contributed by atoms with Crippen LogP contribution >= 0.6 is 35.4 Å². The minimum absolute atomic E-state index is 0.263. The molecule has 2 heterocycles. The van der Waals surface area contributed by atoms with Gasteiger partial charge in [-0.25, -0.2) is 4.39 Å². The molecule has 6 nitrogen and oxygen atoms in total. The summed E-state index contributed by atoms with van der Waals surface area (Å²) >= 11 is 18.1. The van der Waals surface area contributed by atoms with E-state index in [4.69, 9.17) is 35.4 Å². The van der Waals surface area contributed by atoms with Crippen molar-refractivity contribution in [3.8, 4) is 0 Å². The molecule has 0 radical (unpaired) electrons. The van der Waals surface area contributed by atoms with Crippen LogP contribution in [0.3, 0.4) is 0 Å². The van der Waals surface area contributed by atoms with Crippen molar-refractivity contribution in [2.24, 2.45) is 0 Å². The Morgan fingerprint density at radius 3 is 2.42 bits per heavy atom. The van der Waals surface area contributed by atoms with Gasteiger partial charge < -0.3 is 10.6 Å². The number of benzene rings is 2. The molecule has 2 N–H and O–H groups in total. The van der Waals surface area contributed by atoms with Crippen LogP contribution in [0.25, 0.3) is 0 Å². The molecule has 0 fully saturated rings. The Hall–Kier alpha value is -2.94. The van der Waals surface area contributed by atoms with E-state index in [1.807, 2.05) is 24.6 Å². The Morgan fingerprint density at radius 2 is 1.70 bits per heavy atom. The lowest BCUT2D eigenvalue weighted by Crippen LogP contribution is -2.20. The zero-order valence-electron chi connectivity index (χ0n) is 17.9. The monoisotopic (exact) mass is 502 g/mol. The summed E-state index contributed by atoms with van der Waals surface area (Å²) in [7, 11) is 0. The van der Waals surface area contributed by atoms with E-state index in [-0.39, 0.29) is 5.82 Å². The van der Waals surface area contributed by atoms with Gasteiger partial charge in [-0.15, -0.1) is 0 Å². The van der Waals surface area contributed by atoms with Gasteiger partial charge in [-0.2, -0.15) is 10.2 Å². The maximum atomic E-state index is 13.9. The number of nitrogens with one attached hydrogen (secondary N) is 2. The van der Waals surface area contributed by atoms with Gasteiger partial charge in [0.05, 0.1) is 30.2 Å². The molecule has 170 valence electrons. The van der Waals surface area contributed by atoms with Crippen molar-refractivity contribution in [2.45, 2.75) is 26.9 Å². The Balaban J connectivity index is 1.43. The fourth-order valence-corrected chi connectivity index (χ4v) is 4.17. The fraction of sp³-hybridized carbons (Fsp3) is 0.174. The number of anilines is 2. The van der Waals surface area contributed by atoms with Crippen LogP contribution in [0.5, 0.6) is 0 Å². The van der Waals surface area contributed by atoms with E-state index in [0.29, 0.717) is 39.6 Å². The van der Waals surface area contributed by atoms with Crippen LogP contribution in [0.2, 0.25) is 10.0 Å². The second-order valence-electron chi connectivity index (χ2n) is 7.47. The minimum atomic E-state index is -0.263. The molecule has 4 rings (SSSR count). The zero-order chi connectivity index (χ0) is 23.5. The molecule has 2 aromatic heterocycles. The average Bonchev–Trinajstić information content (AvgIpc) is 3.31. The smallest absolute Gasteiger partial charge is 0.176 e. The Kier molecular flexibility index (Phi) is 6.97. The normalized spacial score (nSPS) is 10.9. The van der Waals surface area contributed by atoms with E-state index in [0.717, 1.165) is 22.6 Å². The average molecular weight is 503 g/mol. The van der Waals surface area contributed by atoms with E-state index in [9.17, 15) is 4.39 Å². The van der Waals surface area contributed by atoms with Gasteiger partial charge in [0.25, 0.3) is 0 Å². The van der Waals surface area contributed by atoms with Gasteiger partial charge in [-0.05, 0) is 44.3 Å². The van der Waals surface area contributed by atoms with E-state index in [1.54, 1.807) is 47.3 Å². The van der Waals surface area contributed by atoms with E-state index in [2.05, 4.69) is 20.8 Å². The maximum absolute atomic E-state index is 13.9. The van der Waals surface area contributed by atoms with Gasteiger partial charge in [0.2, 0.25) is 0 Å². The van der Waals surface area contributed by atoms with Crippen molar-refractivity contribution in [1.82, 2.24) is 19.6 Å². The highest BCUT2D eigenvalue weighted by Gasteiger charge is 2.16. The summed E-state index contributed by atoms with van der Waals surface area (Å²) in [6, 6.07) is 13.8. The van der Waals surface area contributed by atoms with Gasteiger partial charge >= 0.3 is 0 Å². The van der Waals surface area contributed by atoms with E-state index in [1.165, 1.54) is 6.07 Å². The highest BCUT2D eigenvalue weighted by atomic mass is 35.5. The van der Waals surface area contributed by atoms with Gasteiger partial charge in [0.15, 0.2) is 10.9 Å². The van der Waals surface area contributed by atoms with Gasteiger partial charge in [0.1, 0.15) is 5.82 Å². The van der Waals surface area contributed by atoms with Crippen LogP contribution in [-0.4, -0.2) is 24.7 Å². The van der Waals surface area contributed by atoms with Gasteiger partial charge in [-0.1, -0.05) is 47.5 Å². The van der Waals surface area contributed by atoms with Crippen LogP contribution < -0.4 is 10.6 Å². The Labute approximate surface area is 206 Å². The van der Waals surface area contributed by atoms with Crippen molar-refractivity contribution in [2.75, 3.05) is 10.6 Å². The standard InChI is InChI=1S/C23H21Cl2FN6S/c1-14-22(15(2)32(29-14)13-17-18(24)7-5-8-19(17)25)28-23(33)27-21-10-11-31(30-21)12-16-6-3-4-9-20(16)26/h3-11H,12-13H2,1-2H3,(H2,27,28,30,33). The summed E-state index contributed by atoms with van der Waals surface area (Å²) < 4.78 is 17.4. The van der Waals surface area contributed by atoms with Crippen molar-refractivity contribution in [3.05, 3.63) is 93.1 Å². The van der Waals surface area contributed by atoms with Crippen molar-refractivity contribution < 1.29 is 4.39 Å². The van der Waals surface area contributed by atoms with Crippen LogP contribution in [0.15, 0.2) is 54.7 Å². The number of hydrogen-bond donors (Lipinski definition) is 2. The molecule has 0 saturated carbocycles. The molecule has 0 amide bonds. The third-order valence-corrected chi connectivity index (χ3v) is 6.07. The molecule has 0 aliphatic heterocycles. The van der Waals surface area contributed by atoms with Gasteiger partial charge in [-0.3, -0.25) is 9.36 Å². The first kappa shape index (κ1) is 23.2. The van der Waals surface area contributed by atoms with Crippen LogP contribution in [0.1, 0.15) is 22.5 Å². The van der Waals surface area contributed by atoms with Crippen LogP contribution in [0.4, 0.5) is 15.9 Å². The quantitative estimate of drug-likeness (QED) is 0.314. The number of thiocarbonyl (C=S) groups is 1. The lowest BCUT2D eigenvalue weighted by atomic mass is 10.2. The number of hydrogen-bond acceptors (Lipinski definition) is 3. The summed E-state index contributed by atoms with van der Waals surface area (Å²) in [5.41, 5.74) is 3.83. The second kappa shape index (κ2) is 9.91.